The maximum Gasteiger partial charge on any atom is 0.0543 e. The molecule has 1 heteroatoms. The van der Waals surface area contributed by atoms with E-state index >= 15 is 0 Å². The highest BCUT2D eigenvalue weighted by Crippen LogP contribution is 2.68. The normalized spacial score (nSPS) is 49.7. The summed E-state index contributed by atoms with van der Waals surface area (Å²) in [7, 11) is 0. The van der Waals surface area contributed by atoms with Crippen molar-refractivity contribution in [1.29, 1.82) is 0 Å². The van der Waals surface area contributed by atoms with Crippen LogP contribution in [0.2, 0.25) is 0 Å². The second-order valence-electron chi connectivity index (χ2n) is 12.2. The van der Waals surface area contributed by atoms with E-state index in [2.05, 4.69) is 46.8 Å². The van der Waals surface area contributed by atoms with Crippen LogP contribution >= 0.6 is 0 Å². The molecule has 0 radical (unpaired) electrons. The molecule has 4 aliphatic carbocycles. The summed E-state index contributed by atoms with van der Waals surface area (Å²) in [5.74, 6) is 6.05. The number of aliphatic hydroxyl groups is 1. The van der Waals surface area contributed by atoms with Gasteiger partial charge in [-0.05, 0) is 116 Å². The van der Waals surface area contributed by atoms with Crippen molar-refractivity contribution >= 4 is 0 Å². The number of rotatable bonds is 4. The average Bonchev–Trinajstić information content (AvgIpc) is 2.99. The molecule has 160 valence electrons. The zero-order chi connectivity index (χ0) is 20.1. The predicted octanol–water partition coefficient (Wildman–Crippen LogP) is 7.24. The Morgan fingerprint density at radius 2 is 1.61 bits per heavy atom. The molecule has 9 atom stereocenters. The third-order valence-electron chi connectivity index (χ3n) is 10.4. The Hall–Kier alpha value is -0.300. The molecule has 0 aromatic rings. The van der Waals surface area contributed by atoms with Gasteiger partial charge in [0.15, 0.2) is 0 Å². The molecule has 0 aliphatic heterocycles. The Labute approximate surface area is 174 Å². The highest BCUT2D eigenvalue weighted by atomic mass is 16.3. The van der Waals surface area contributed by atoms with Crippen LogP contribution < -0.4 is 0 Å². The molecule has 1 unspecified atom stereocenters. The van der Waals surface area contributed by atoms with Gasteiger partial charge in [0.1, 0.15) is 0 Å². The third kappa shape index (κ3) is 3.42. The van der Waals surface area contributed by atoms with E-state index in [0.29, 0.717) is 10.8 Å². The summed E-state index contributed by atoms with van der Waals surface area (Å²) in [5, 5.41) is 10.2. The first-order chi connectivity index (χ1) is 13.3. The lowest BCUT2D eigenvalue weighted by Crippen LogP contribution is -2.54. The summed E-state index contributed by atoms with van der Waals surface area (Å²) in [6, 6.07) is 0. The number of fused-ring (bicyclic) bond motifs is 5. The average molecular weight is 387 g/mol. The van der Waals surface area contributed by atoms with Crippen LogP contribution in [0.1, 0.15) is 98.8 Å². The summed E-state index contributed by atoms with van der Waals surface area (Å²) in [4.78, 5) is 0. The van der Waals surface area contributed by atoms with Gasteiger partial charge in [-0.2, -0.15) is 0 Å². The standard InChI is InChI=1S/C27H46O/c1-18(2)7-6-8-19(3)23-11-12-24-22-10-9-20-17-21(28)13-15-26(20,4)25(22)14-16-27(23,24)5/h6,8,18-25,28H,7,9-17H2,1-5H3/t19-,20?,21+,22+,23-,24+,25+,26+,27-/m1/s1. The highest BCUT2D eigenvalue weighted by Gasteiger charge is 2.60. The van der Waals surface area contributed by atoms with Gasteiger partial charge >= 0.3 is 0 Å². The minimum atomic E-state index is -0.0159. The summed E-state index contributed by atoms with van der Waals surface area (Å²) >= 11 is 0. The van der Waals surface area contributed by atoms with E-state index in [9.17, 15) is 5.11 Å². The van der Waals surface area contributed by atoms with Gasteiger partial charge in [0, 0.05) is 0 Å². The first-order valence-corrected chi connectivity index (χ1v) is 12.6. The molecule has 0 aromatic heterocycles. The Morgan fingerprint density at radius 1 is 0.893 bits per heavy atom. The molecule has 4 rings (SSSR count). The minimum Gasteiger partial charge on any atom is -0.393 e. The minimum absolute atomic E-state index is 0.0159. The van der Waals surface area contributed by atoms with Crippen molar-refractivity contribution in [1.82, 2.24) is 0 Å². The van der Waals surface area contributed by atoms with Crippen molar-refractivity contribution in [2.75, 3.05) is 0 Å². The van der Waals surface area contributed by atoms with Crippen LogP contribution in [-0.4, -0.2) is 11.2 Å². The first-order valence-electron chi connectivity index (χ1n) is 12.6. The van der Waals surface area contributed by atoms with Crippen LogP contribution in [-0.2, 0) is 0 Å². The molecule has 1 N–H and O–H groups in total. The van der Waals surface area contributed by atoms with E-state index in [1.54, 1.807) is 0 Å². The van der Waals surface area contributed by atoms with Crippen LogP contribution in [0.15, 0.2) is 12.2 Å². The second-order valence-corrected chi connectivity index (χ2v) is 12.2. The maximum atomic E-state index is 10.2. The lowest BCUT2D eigenvalue weighted by molar-refractivity contribution is -0.128. The lowest BCUT2D eigenvalue weighted by atomic mass is 9.44. The quantitative estimate of drug-likeness (QED) is 0.505. The fourth-order valence-electron chi connectivity index (χ4n) is 8.84. The number of hydrogen-bond donors (Lipinski definition) is 1. The molecule has 0 saturated heterocycles. The summed E-state index contributed by atoms with van der Waals surface area (Å²) in [5.41, 5.74) is 1.09. The van der Waals surface area contributed by atoms with Crippen molar-refractivity contribution in [2.24, 2.45) is 52.3 Å². The molecule has 0 bridgehead atoms. The van der Waals surface area contributed by atoms with Crippen molar-refractivity contribution in [3.8, 4) is 0 Å². The highest BCUT2D eigenvalue weighted by molar-refractivity contribution is 5.11. The molecule has 1 nitrogen and oxygen atoms in total. The third-order valence-corrected chi connectivity index (χ3v) is 10.4. The number of aliphatic hydroxyl groups excluding tert-OH is 1. The molecule has 0 aromatic carbocycles. The molecule has 0 spiro atoms. The Kier molecular flexibility index (Phi) is 5.80. The van der Waals surface area contributed by atoms with Gasteiger partial charge in [-0.25, -0.2) is 0 Å². The smallest absolute Gasteiger partial charge is 0.0543 e. The van der Waals surface area contributed by atoms with Crippen LogP contribution in [0, 0.1) is 52.3 Å². The zero-order valence-electron chi connectivity index (χ0n) is 19.3. The molecule has 4 aliphatic rings. The van der Waals surface area contributed by atoms with Gasteiger partial charge in [-0.1, -0.05) is 46.8 Å². The van der Waals surface area contributed by atoms with E-state index in [1.165, 1.54) is 51.4 Å². The zero-order valence-corrected chi connectivity index (χ0v) is 19.3. The van der Waals surface area contributed by atoms with Gasteiger partial charge in [0.05, 0.1) is 6.10 Å². The van der Waals surface area contributed by atoms with Crippen LogP contribution in [0.25, 0.3) is 0 Å². The van der Waals surface area contributed by atoms with E-state index in [-0.39, 0.29) is 6.10 Å². The molecule has 28 heavy (non-hydrogen) atoms. The molecule has 4 saturated carbocycles. The molecule has 0 heterocycles. The van der Waals surface area contributed by atoms with Crippen LogP contribution in [0.5, 0.6) is 0 Å². The fraction of sp³-hybridized carbons (Fsp3) is 0.926. The lowest BCUT2D eigenvalue weighted by Gasteiger charge is -2.61. The summed E-state index contributed by atoms with van der Waals surface area (Å²) in [6.07, 6.45) is 18.3. The van der Waals surface area contributed by atoms with E-state index in [4.69, 9.17) is 0 Å². The molecular weight excluding hydrogens is 340 g/mol. The molecular formula is C27H46O. The van der Waals surface area contributed by atoms with Gasteiger partial charge < -0.3 is 5.11 Å². The Morgan fingerprint density at radius 3 is 2.36 bits per heavy atom. The topological polar surface area (TPSA) is 20.2 Å². The molecule has 0 amide bonds. The second kappa shape index (κ2) is 7.75. The van der Waals surface area contributed by atoms with E-state index in [1.807, 2.05) is 0 Å². The van der Waals surface area contributed by atoms with E-state index in [0.717, 1.165) is 54.3 Å². The predicted molar refractivity (Wildman–Crippen MR) is 119 cm³/mol. The SMILES string of the molecule is CC(C)CC=C[C@@H](C)[C@H]1CC[C@H]2[C@@H]3CCC4C[C@@H](O)CC[C@]4(C)[C@H]3CC[C@]12C. The Bertz CT molecular complexity index is 579. The maximum absolute atomic E-state index is 10.2. The van der Waals surface area contributed by atoms with Crippen molar-refractivity contribution in [3.63, 3.8) is 0 Å². The summed E-state index contributed by atoms with van der Waals surface area (Å²) in [6.45, 7) is 12.4. The van der Waals surface area contributed by atoms with Crippen molar-refractivity contribution in [2.45, 2.75) is 105 Å². The van der Waals surface area contributed by atoms with Gasteiger partial charge in [0.2, 0.25) is 0 Å². The fourth-order valence-corrected chi connectivity index (χ4v) is 8.84. The number of hydrogen-bond acceptors (Lipinski definition) is 1. The van der Waals surface area contributed by atoms with Crippen molar-refractivity contribution < 1.29 is 5.11 Å². The first kappa shape index (κ1) is 21.0. The van der Waals surface area contributed by atoms with Crippen LogP contribution in [0.3, 0.4) is 0 Å². The van der Waals surface area contributed by atoms with E-state index < -0.39 is 0 Å². The molecule has 4 fully saturated rings. The van der Waals surface area contributed by atoms with Gasteiger partial charge in [-0.3, -0.25) is 0 Å². The van der Waals surface area contributed by atoms with Gasteiger partial charge in [-0.15, -0.1) is 0 Å². The Balaban J connectivity index is 1.50. The number of allylic oxidation sites excluding steroid dienone is 2. The summed E-state index contributed by atoms with van der Waals surface area (Å²) < 4.78 is 0. The van der Waals surface area contributed by atoms with Crippen LogP contribution in [0.4, 0.5) is 0 Å². The van der Waals surface area contributed by atoms with Crippen molar-refractivity contribution in [3.05, 3.63) is 12.2 Å². The largest absolute Gasteiger partial charge is 0.393 e. The van der Waals surface area contributed by atoms with Gasteiger partial charge in [0.25, 0.3) is 0 Å². The monoisotopic (exact) mass is 386 g/mol.